The number of carbonyl (C=O) groups excluding carboxylic acids is 1. The van der Waals surface area contributed by atoms with Crippen molar-refractivity contribution in [3.8, 4) is 0 Å². The van der Waals surface area contributed by atoms with Crippen molar-refractivity contribution in [2.24, 2.45) is 0 Å². The number of anilines is 1. The molecule has 2 rings (SSSR count). The summed E-state index contributed by atoms with van der Waals surface area (Å²) in [7, 11) is 0. The van der Waals surface area contributed by atoms with Gasteiger partial charge in [-0.3, -0.25) is 4.79 Å². The molecule has 1 amide bonds. The van der Waals surface area contributed by atoms with E-state index < -0.39 is 0 Å². The Kier molecular flexibility index (Phi) is 5.83. The second kappa shape index (κ2) is 7.63. The summed E-state index contributed by atoms with van der Waals surface area (Å²) in [6, 6.07) is 12.8. The fourth-order valence-electron chi connectivity index (χ4n) is 1.90. The molecule has 2 aromatic carbocycles. The number of rotatable bonds is 5. The zero-order chi connectivity index (χ0) is 16.1. The van der Waals surface area contributed by atoms with Crippen molar-refractivity contribution >= 4 is 34.8 Å². The summed E-state index contributed by atoms with van der Waals surface area (Å²) >= 11 is 11.9. The van der Waals surface area contributed by atoms with Crippen LogP contribution >= 0.6 is 23.2 Å². The number of amides is 1. The lowest BCUT2D eigenvalue weighted by atomic mass is 10.1. The number of benzene rings is 2. The summed E-state index contributed by atoms with van der Waals surface area (Å²) in [4.78, 5) is 12.2. The maximum Gasteiger partial charge on any atom is 0.241 e. The first kappa shape index (κ1) is 16.8. The van der Waals surface area contributed by atoms with Gasteiger partial charge in [0.25, 0.3) is 0 Å². The van der Waals surface area contributed by atoms with Gasteiger partial charge < -0.3 is 10.6 Å². The van der Waals surface area contributed by atoms with Gasteiger partial charge in [0.2, 0.25) is 5.91 Å². The molecule has 5 heteroatoms. The van der Waals surface area contributed by atoms with Crippen LogP contribution in [0.15, 0.2) is 42.5 Å². The Hall–Kier alpha value is -1.55. The van der Waals surface area contributed by atoms with Crippen molar-refractivity contribution in [3.63, 3.8) is 0 Å². The lowest BCUT2D eigenvalue weighted by Gasteiger charge is -2.15. The maximum absolute atomic E-state index is 12.2. The molecule has 1 atom stereocenters. The molecule has 0 spiro atoms. The van der Waals surface area contributed by atoms with Crippen LogP contribution in [0.25, 0.3) is 0 Å². The van der Waals surface area contributed by atoms with Crippen LogP contribution in [-0.2, 0) is 11.3 Å². The van der Waals surface area contributed by atoms with E-state index >= 15 is 0 Å². The highest BCUT2D eigenvalue weighted by Crippen LogP contribution is 2.25. The predicted octanol–water partition coefficient (Wildman–Crippen LogP) is 4.42. The zero-order valence-electron chi connectivity index (χ0n) is 12.5. The first-order valence-electron chi connectivity index (χ1n) is 7.00. The van der Waals surface area contributed by atoms with Gasteiger partial charge in [0.1, 0.15) is 0 Å². The summed E-state index contributed by atoms with van der Waals surface area (Å²) in [5.41, 5.74) is 2.90. The van der Waals surface area contributed by atoms with Crippen LogP contribution < -0.4 is 10.6 Å². The Labute approximate surface area is 140 Å². The van der Waals surface area contributed by atoms with Crippen LogP contribution in [0, 0.1) is 6.92 Å². The third-order valence-electron chi connectivity index (χ3n) is 3.32. The molecule has 0 aliphatic heterocycles. The van der Waals surface area contributed by atoms with E-state index in [1.54, 1.807) is 18.2 Å². The monoisotopic (exact) mass is 336 g/mol. The molecule has 22 heavy (non-hydrogen) atoms. The normalized spacial score (nSPS) is 12.0. The molecule has 0 heterocycles. The molecule has 0 saturated heterocycles. The Morgan fingerprint density at radius 2 is 1.82 bits per heavy atom. The molecule has 2 aromatic rings. The minimum atomic E-state index is -0.340. The minimum Gasteiger partial charge on any atom is -0.323 e. The van der Waals surface area contributed by atoms with Gasteiger partial charge in [-0.25, -0.2) is 0 Å². The summed E-state index contributed by atoms with van der Waals surface area (Å²) < 4.78 is 0. The number of aryl methyl sites for hydroxylation is 1. The number of carbonyl (C=O) groups is 1. The molecular weight excluding hydrogens is 319 g/mol. The van der Waals surface area contributed by atoms with E-state index in [9.17, 15) is 4.79 Å². The SMILES string of the molecule is Cc1ccc(CN[C@H](C)C(=O)Nc2ccc(Cl)cc2Cl)cc1. The van der Waals surface area contributed by atoms with Gasteiger partial charge in [-0.15, -0.1) is 0 Å². The molecule has 0 saturated carbocycles. The fraction of sp³-hybridized carbons (Fsp3) is 0.235. The van der Waals surface area contributed by atoms with Crippen molar-refractivity contribution in [1.82, 2.24) is 5.32 Å². The van der Waals surface area contributed by atoms with E-state index in [-0.39, 0.29) is 11.9 Å². The van der Waals surface area contributed by atoms with E-state index in [0.29, 0.717) is 22.3 Å². The van der Waals surface area contributed by atoms with Gasteiger partial charge in [0.15, 0.2) is 0 Å². The first-order chi connectivity index (χ1) is 10.5. The van der Waals surface area contributed by atoms with E-state index in [2.05, 4.69) is 22.8 Å². The summed E-state index contributed by atoms with van der Waals surface area (Å²) in [6.07, 6.45) is 0. The molecule has 0 fully saturated rings. The van der Waals surface area contributed by atoms with Gasteiger partial charge in [-0.05, 0) is 37.6 Å². The Morgan fingerprint density at radius 3 is 2.45 bits per heavy atom. The summed E-state index contributed by atoms with van der Waals surface area (Å²) in [5.74, 6) is -0.142. The number of halogens is 2. The third-order valence-corrected chi connectivity index (χ3v) is 3.86. The largest absolute Gasteiger partial charge is 0.323 e. The molecule has 116 valence electrons. The molecular formula is C17H18Cl2N2O. The highest BCUT2D eigenvalue weighted by Gasteiger charge is 2.13. The van der Waals surface area contributed by atoms with Gasteiger partial charge in [-0.2, -0.15) is 0 Å². The first-order valence-corrected chi connectivity index (χ1v) is 7.76. The Morgan fingerprint density at radius 1 is 1.14 bits per heavy atom. The topological polar surface area (TPSA) is 41.1 Å². The quantitative estimate of drug-likeness (QED) is 0.848. The highest BCUT2D eigenvalue weighted by atomic mass is 35.5. The van der Waals surface area contributed by atoms with Crippen molar-refractivity contribution in [2.75, 3.05) is 5.32 Å². The van der Waals surface area contributed by atoms with E-state index in [1.807, 2.05) is 26.0 Å². The highest BCUT2D eigenvalue weighted by molar-refractivity contribution is 6.36. The van der Waals surface area contributed by atoms with Crippen LogP contribution in [0.5, 0.6) is 0 Å². The predicted molar refractivity (Wildman–Crippen MR) is 92.6 cm³/mol. The van der Waals surface area contributed by atoms with Gasteiger partial charge in [-0.1, -0.05) is 53.0 Å². The average Bonchev–Trinajstić information content (AvgIpc) is 2.49. The summed E-state index contributed by atoms with van der Waals surface area (Å²) in [5, 5.41) is 6.94. The van der Waals surface area contributed by atoms with Crippen molar-refractivity contribution < 1.29 is 4.79 Å². The summed E-state index contributed by atoms with van der Waals surface area (Å²) in [6.45, 7) is 4.49. The lowest BCUT2D eigenvalue weighted by Crippen LogP contribution is -2.37. The molecule has 0 aromatic heterocycles. The maximum atomic E-state index is 12.2. The number of nitrogens with one attached hydrogen (secondary N) is 2. The number of hydrogen-bond donors (Lipinski definition) is 2. The smallest absolute Gasteiger partial charge is 0.241 e. The van der Waals surface area contributed by atoms with Crippen molar-refractivity contribution in [2.45, 2.75) is 26.4 Å². The Balaban J connectivity index is 1.90. The van der Waals surface area contributed by atoms with Crippen LogP contribution in [0.4, 0.5) is 5.69 Å². The minimum absolute atomic E-state index is 0.142. The van der Waals surface area contributed by atoms with Gasteiger partial charge >= 0.3 is 0 Å². The lowest BCUT2D eigenvalue weighted by molar-refractivity contribution is -0.117. The van der Waals surface area contributed by atoms with Gasteiger partial charge in [0.05, 0.1) is 16.8 Å². The van der Waals surface area contributed by atoms with E-state index in [0.717, 1.165) is 5.56 Å². The average molecular weight is 337 g/mol. The van der Waals surface area contributed by atoms with Gasteiger partial charge in [0, 0.05) is 11.6 Å². The van der Waals surface area contributed by atoms with E-state index in [1.165, 1.54) is 5.56 Å². The standard InChI is InChI=1S/C17H18Cl2N2O/c1-11-3-5-13(6-4-11)10-20-12(2)17(22)21-16-8-7-14(18)9-15(16)19/h3-9,12,20H,10H2,1-2H3,(H,21,22)/t12-/m1/s1. The van der Waals surface area contributed by atoms with Crippen LogP contribution in [-0.4, -0.2) is 11.9 Å². The number of hydrogen-bond acceptors (Lipinski definition) is 2. The molecule has 3 nitrogen and oxygen atoms in total. The van der Waals surface area contributed by atoms with Crippen molar-refractivity contribution in [1.29, 1.82) is 0 Å². The second-order valence-electron chi connectivity index (χ2n) is 5.20. The Bertz CT molecular complexity index is 656. The zero-order valence-corrected chi connectivity index (χ0v) is 14.0. The van der Waals surface area contributed by atoms with Crippen LogP contribution in [0.3, 0.4) is 0 Å². The molecule has 0 radical (unpaired) electrons. The molecule has 2 N–H and O–H groups in total. The molecule has 0 aliphatic rings. The van der Waals surface area contributed by atoms with E-state index in [4.69, 9.17) is 23.2 Å². The molecule has 0 aliphatic carbocycles. The van der Waals surface area contributed by atoms with Crippen LogP contribution in [0.1, 0.15) is 18.1 Å². The van der Waals surface area contributed by atoms with Crippen LogP contribution in [0.2, 0.25) is 10.0 Å². The molecule has 0 bridgehead atoms. The second-order valence-corrected chi connectivity index (χ2v) is 6.05. The van der Waals surface area contributed by atoms with Crippen molar-refractivity contribution in [3.05, 3.63) is 63.6 Å². The fourth-order valence-corrected chi connectivity index (χ4v) is 2.36. The molecule has 0 unspecified atom stereocenters. The third kappa shape index (κ3) is 4.73.